The number of esters is 1. The molecule has 0 aromatic heterocycles. The lowest BCUT2D eigenvalue weighted by atomic mass is 10.1. The molecule has 1 fully saturated rings. The number of ether oxygens (including phenoxy) is 2. The minimum atomic E-state index is -1.16. The van der Waals surface area contributed by atoms with Gasteiger partial charge in [0.25, 0.3) is 0 Å². The average Bonchev–Trinajstić information content (AvgIpc) is 3.23. The lowest BCUT2D eigenvalue weighted by Crippen LogP contribution is -2.14. The van der Waals surface area contributed by atoms with E-state index in [9.17, 15) is 14.4 Å². The van der Waals surface area contributed by atoms with Crippen LogP contribution in [0.15, 0.2) is 60.1 Å². The summed E-state index contributed by atoms with van der Waals surface area (Å²) in [6, 6.07) is 14.6. The molecule has 0 radical (unpaired) electrons. The summed E-state index contributed by atoms with van der Waals surface area (Å²) in [6.45, 7) is 3.87. The Morgan fingerprint density at radius 2 is 2.00 bits per heavy atom. The van der Waals surface area contributed by atoms with Gasteiger partial charge in [-0.3, -0.25) is 4.79 Å². The number of hydrogen-bond acceptors (Lipinski definition) is 4. The number of benzene rings is 2. The van der Waals surface area contributed by atoms with Crippen LogP contribution in [0.2, 0.25) is 0 Å². The van der Waals surface area contributed by atoms with Crippen LogP contribution in [0.4, 0.5) is 4.39 Å². The number of nitrogens with zero attached hydrogens (tertiary/aromatic N) is 1. The van der Waals surface area contributed by atoms with Crippen LogP contribution in [0.25, 0.3) is 0 Å². The van der Waals surface area contributed by atoms with Gasteiger partial charge in [-0.2, -0.15) is 5.26 Å². The van der Waals surface area contributed by atoms with Gasteiger partial charge in [-0.15, -0.1) is 0 Å². The standard InChI is InChI=1S/C22H19ClFNO3/c1-22(2)16(10-11-23)20(22)21(26)28-19(13-25)14-8-9-17(24)18(12-14)27-15-6-4-3-5-7-15/h3-12,16,19-20H,1-2H3/b11-10+. The highest BCUT2D eigenvalue weighted by Crippen LogP contribution is 2.59. The van der Waals surface area contributed by atoms with Gasteiger partial charge in [0.2, 0.25) is 6.10 Å². The van der Waals surface area contributed by atoms with Gasteiger partial charge in [0.05, 0.1) is 5.92 Å². The zero-order chi connectivity index (χ0) is 20.3. The third-order valence-electron chi connectivity index (χ3n) is 5.02. The van der Waals surface area contributed by atoms with Crippen molar-refractivity contribution in [3.05, 3.63) is 71.5 Å². The largest absolute Gasteiger partial charge is 0.454 e. The Kier molecular flexibility index (Phi) is 5.71. The fraction of sp³-hybridized carbons (Fsp3) is 0.273. The van der Waals surface area contributed by atoms with E-state index in [-0.39, 0.29) is 23.0 Å². The molecule has 4 nitrogen and oxygen atoms in total. The SMILES string of the molecule is CC1(C)C(/C=C/Cl)C1C(=O)OC(C#N)c1ccc(F)c(Oc2ccccc2)c1. The Hall–Kier alpha value is -2.84. The van der Waals surface area contributed by atoms with E-state index in [2.05, 4.69) is 0 Å². The Morgan fingerprint density at radius 3 is 2.64 bits per heavy atom. The van der Waals surface area contributed by atoms with Crippen molar-refractivity contribution in [3.8, 4) is 17.6 Å². The zero-order valence-electron chi connectivity index (χ0n) is 15.4. The van der Waals surface area contributed by atoms with Gasteiger partial charge in [0.15, 0.2) is 11.6 Å². The highest BCUT2D eigenvalue weighted by Gasteiger charge is 2.61. The number of para-hydroxylation sites is 1. The molecule has 0 N–H and O–H groups in total. The molecule has 0 saturated heterocycles. The minimum absolute atomic E-state index is 0.0398. The number of allylic oxidation sites excluding steroid dienone is 1. The van der Waals surface area contributed by atoms with E-state index in [1.807, 2.05) is 26.0 Å². The van der Waals surface area contributed by atoms with E-state index in [4.69, 9.17) is 21.1 Å². The molecule has 3 unspecified atom stereocenters. The molecule has 0 amide bonds. The average molecular weight is 400 g/mol. The Balaban J connectivity index is 1.77. The van der Waals surface area contributed by atoms with Crippen LogP contribution in [-0.2, 0) is 9.53 Å². The lowest BCUT2D eigenvalue weighted by molar-refractivity contribution is -0.149. The summed E-state index contributed by atoms with van der Waals surface area (Å²) >= 11 is 5.63. The van der Waals surface area contributed by atoms with Crippen molar-refractivity contribution in [1.29, 1.82) is 5.26 Å². The number of hydrogen-bond donors (Lipinski definition) is 0. The molecule has 1 aliphatic rings. The molecule has 0 spiro atoms. The fourth-order valence-corrected chi connectivity index (χ4v) is 3.46. The normalized spacial score (nSPS) is 21.0. The molecule has 1 aliphatic carbocycles. The minimum Gasteiger partial charge on any atom is -0.454 e. The van der Waals surface area contributed by atoms with Crippen LogP contribution in [0.3, 0.4) is 0 Å². The zero-order valence-corrected chi connectivity index (χ0v) is 16.2. The van der Waals surface area contributed by atoms with Crippen molar-refractivity contribution in [1.82, 2.24) is 0 Å². The summed E-state index contributed by atoms with van der Waals surface area (Å²) in [5, 5.41) is 9.48. The molecule has 144 valence electrons. The maximum absolute atomic E-state index is 14.1. The van der Waals surface area contributed by atoms with Crippen LogP contribution in [0, 0.1) is 34.4 Å². The Bertz CT molecular complexity index is 937. The third kappa shape index (κ3) is 4.02. The summed E-state index contributed by atoms with van der Waals surface area (Å²) in [6.07, 6.45) is 0.585. The van der Waals surface area contributed by atoms with Gasteiger partial charge < -0.3 is 9.47 Å². The highest BCUT2D eigenvalue weighted by molar-refractivity contribution is 6.25. The second-order valence-corrected chi connectivity index (χ2v) is 7.45. The monoisotopic (exact) mass is 399 g/mol. The van der Waals surface area contributed by atoms with Crippen molar-refractivity contribution < 1.29 is 18.7 Å². The van der Waals surface area contributed by atoms with Crippen molar-refractivity contribution in [2.24, 2.45) is 17.3 Å². The highest BCUT2D eigenvalue weighted by atomic mass is 35.5. The van der Waals surface area contributed by atoms with Crippen molar-refractivity contribution in [2.45, 2.75) is 20.0 Å². The number of nitriles is 1. The summed E-state index contributed by atoms with van der Waals surface area (Å²) in [4.78, 5) is 12.5. The van der Waals surface area contributed by atoms with Gasteiger partial charge in [0.1, 0.15) is 11.8 Å². The first kappa shape index (κ1) is 19.9. The first-order valence-electron chi connectivity index (χ1n) is 8.78. The first-order chi connectivity index (χ1) is 13.4. The molecule has 0 aliphatic heterocycles. The van der Waals surface area contributed by atoms with Gasteiger partial charge >= 0.3 is 5.97 Å². The van der Waals surface area contributed by atoms with Crippen molar-refractivity contribution >= 4 is 17.6 Å². The smallest absolute Gasteiger partial charge is 0.311 e. The van der Waals surface area contributed by atoms with E-state index >= 15 is 0 Å². The fourth-order valence-electron chi connectivity index (χ4n) is 3.30. The third-order valence-corrected chi connectivity index (χ3v) is 5.17. The van der Waals surface area contributed by atoms with Gasteiger partial charge in [-0.1, -0.05) is 55.8 Å². The van der Waals surface area contributed by atoms with E-state index < -0.39 is 17.9 Å². The molecule has 0 bridgehead atoms. The van der Waals surface area contributed by atoms with E-state index in [1.54, 1.807) is 30.3 Å². The number of carbonyl (C=O) groups is 1. The number of carbonyl (C=O) groups excluding carboxylic acids is 1. The molecular formula is C22H19ClFNO3. The maximum atomic E-state index is 14.1. The summed E-state index contributed by atoms with van der Waals surface area (Å²) in [5.41, 5.74) is 1.44. The second kappa shape index (κ2) is 8.04. The lowest BCUT2D eigenvalue weighted by Gasteiger charge is -2.14. The number of rotatable bonds is 6. The summed E-state index contributed by atoms with van der Waals surface area (Å²) < 4.78 is 25.1. The first-order valence-corrected chi connectivity index (χ1v) is 9.21. The quantitative estimate of drug-likeness (QED) is 0.580. The van der Waals surface area contributed by atoms with Crippen molar-refractivity contribution in [2.75, 3.05) is 0 Å². The molecule has 2 aromatic rings. The molecule has 2 aromatic carbocycles. The Labute approximate surface area is 168 Å². The van der Waals surface area contributed by atoms with Crippen LogP contribution in [-0.4, -0.2) is 5.97 Å². The molecule has 6 heteroatoms. The van der Waals surface area contributed by atoms with Gasteiger partial charge in [-0.05, 0) is 35.6 Å². The summed E-state index contributed by atoms with van der Waals surface area (Å²) in [7, 11) is 0. The molecule has 3 atom stereocenters. The van der Waals surface area contributed by atoms with Crippen molar-refractivity contribution in [3.63, 3.8) is 0 Å². The van der Waals surface area contributed by atoms with Gasteiger partial charge in [-0.25, -0.2) is 4.39 Å². The Morgan fingerprint density at radius 1 is 1.29 bits per heavy atom. The molecule has 1 saturated carbocycles. The molecular weight excluding hydrogens is 381 g/mol. The maximum Gasteiger partial charge on any atom is 0.311 e. The molecule has 0 heterocycles. The van der Waals surface area contributed by atoms with E-state index in [0.29, 0.717) is 11.3 Å². The predicted molar refractivity (Wildman–Crippen MR) is 103 cm³/mol. The second-order valence-electron chi connectivity index (χ2n) is 7.19. The van der Waals surface area contributed by atoms with Crippen LogP contribution >= 0.6 is 11.6 Å². The molecule has 3 rings (SSSR count). The van der Waals surface area contributed by atoms with Crippen LogP contribution < -0.4 is 4.74 Å². The molecule has 28 heavy (non-hydrogen) atoms. The topological polar surface area (TPSA) is 59.3 Å². The number of halogens is 2. The summed E-state index contributed by atoms with van der Waals surface area (Å²) in [5.74, 6) is -1.06. The van der Waals surface area contributed by atoms with E-state index in [0.717, 1.165) is 0 Å². The predicted octanol–water partition coefficient (Wildman–Crippen LogP) is 5.75. The van der Waals surface area contributed by atoms with Crippen LogP contribution in [0.1, 0.15) is 25.5 Å². The van der Waals surface area contributed by atoms with Crippen LogP contribution in [0.5, 0.6) is 11.5 Å². The van der Waals surface area contributed by atoms with E-state index in [1.165, 1.54) is 23.7 Å². The van der Waals surface area contributed by atoms with Gasteiger partial charge in [0, 0.05) is 11.1 Å².